The highest BCUT2D eigenvalue weighted by Crippen LogP contribution is 2.28. The number of carbonyl (C=O) groups excluding carboxylic acids is 3. The van der Waals surface area contributed by atoms with Crippen LogP contribution in [-0.2, 0) is 9.53 Å². The van der Waals surface area contributed by atoms with Crippen molar-refractivity contribution in [1.82, 2.24) is 4.98 Å². The molecule has 1 heterocycles. The number of anilines is 2. The predicted molar refractivity (Wildman–Crippen MR) is 104 cm³/mol. The van der Waals surface area contributed by atoms with Crippen LogP contribution in [0.25, 0.3) is 0 Å². The van der Waals surface area contributed by atoms with Crippen LogP contribution in [0.5, 0.6) is 5.75 Å². The Bertz CT molecular complexity index is 965. The van der Waals surface area contributed by atoms with E-state index in [1.165, 1.54) is 18.2 Å². The first-order valence-corrected chi connectivity index (χ1v) is 9.00. The fraction of sp³-hybridized carbons (Fsp3) is 0.294. The Hall–Kier alpha value is -3.54. The summed E-state index contributed by atoms with van der Waals surface area (Å²) in [7, 11) is 0. The van der Waals surface area contributed by atoms with E-state index in [0.29, 0.717) is 11.3 Å². The van der Waals surface area contributed by atoms with Crippen LogP contribution in [0, 0.1) is 10.1 Å². The summed E-state index contributed by atoms with van der Waals surface area (Å²) in [5, 5.41) is 15.4. The minimum atomic E-state index is -0.724. The SMILES string of the molecule is CC(=O)Oc1cc(NC(=O)OC(C)(C)C)ccc1C(=O)Nc1ncc([N+](=O)[O-])s1. The molecule has 29 heavy (non-hydrogen) atoms. The second-order valence-electron chi connectivity index (χ2n) is 6.65. The van der Waals surface area contributed by atoms with Crippen LogP contribution in [0.1, 0.15) is 38.1 Å². The van der Waals surface area contributed by atoms with Gasteiger partial charge in [0.25, 0.3) is 5.91 Å². The molecule has 0 spiro atoms. The van der Waals surface area contributed by atoms with Gasteiger partial charge in [-0.1, -0.05) is 0 Å². The number of nitrogens with zero attached hydrogens (tertiary/aromatic N) is 2. The van der Waals surface area contributed by atoms with E-state index in [1.54, 1.807) is 20.8 Å². The Kier molecular flexibility index (Phi) is 6.49. The first-order chi connectivity index (χ1) is 13.4. The maximum Gasteiger partial charge on any atom is 0.412 e. The van der Waals surface area contributed by atoms with Gasteiger partial charge < -0.3 is 9.47 Å². The number of benzene rings is 1. The minimum absolute atomic E-state index is 0.00596. The molecular weight excluding hydrogens is 404 g/mol. The van der Waals surface area contributed by atoms with E-state index in [-0.39, 0.29) is 27.1 Å². The topological polar surface area (TPSA) is 150 Å². The second-order valence-corrected chi connectivity index (χ2v) is 7.66. The number of hydrogen-bond donors (Lipinski definition) is 2. The van der Waals surface area contributed by atoms with Crippen molar-refractivity contribution in [1.29, 1.82) is 0 Å². The summed E-state index contributed by atoms with van der Waals surface area (Å²) in [4.78, 5) is 49.6. The van der Waals surface area contributed by atoms with Crippen molar-refractivity contribution in [3.8, 4) is 5.75 Å². The summed E-state index contributed by atoms with van der Waals surface area (Å²) in [6.07, 6.45) is 0.291. The molecule has 1 aromatic heterocycles. The number of nitrogens with one attached hydrogen (secondary N) is 2. The summed E-state index contributed by atoms with van der Waals surface area (Å²) >= 11 is 0.677. The third kappa shape index (κ3) is 6.53. The van der Waals surface area contributed by atoms with E-state index < -0.39 is 28.5 Å². The van der Waals surface area contributed by atoms with Gasteiger partial charge in [-0.3, -0.25) is 30.3 Å². The van der Waals surface area contributed by atoms with Crippen molar-refractivity contribution in [2.24, 2.45) is 0 Å². The van der Waals surface area contributed by atoms with Gasteiger partial charge in [0, 0.05) is 18.7 Å². The molecule has 2 amide bonds. The van der Waals surface area contributed by atoms with Gasteiger partial charge >= 0.3 is 17.1 Å². The molecule has 0 aliphatic carbocycles. The standard InChI is InChI=1S/C17H18N4O7S/c1-9(22)27-12-7-10(19-16(24)28-17(2,3)4)5-6-11(12)14(23)20-15-18-8-13(29-15)21(25)26/h5-8H,1-4H3,(H,19,24)(H,18,20,23). The van der Waals surface area contributed by atoms with Crippen molar-refractivity contribution in [2.45, 2.75) is 33.3 Å². The number of thiazole rings is 1. The quantitative estimate of drug-likeness (QED) is 0.321. The molecule has 0 radical (unpaired) electrons. The van der Waals surface area contributed by atoms with E-state index in [2.05, 4.69) is 15.6 Å². The van der Waals surface area contributed by atoms with Crippen molar-refractivity contribution in [3.63, 3.8) is 0 Å². The summed E-state index contributed by atoms with van der Waals surface area (Å²) in [5.41, 5.74) is -0.511. The molecule has 0 saturated heterocycles. The number of amides is 2. The maximum absolute atomic E-state index is 12.5. The normalized spacial score (nSPS) is 10.8. The highest BCUT2D eigenvalue weighted by molar-refractivity contribution is 7.18. The Balaban J connectivity index is 2.23. The van der Waals surface area contributed by atoms with Crippen LogP contribution in [0.4, 0.5) is 20.6 Å². The summed E-state index contributed by atoms with van der Waals surface area (Å²) in [6.45, 7) is 6.26. The maximum atomic E-state index is 12.5. The molecule has 0 fully saturated rings. The van der Waals surface area contributed by atoms with Gasteiger partial charge in [0.05, 0.1) is 10.5 Å². The molecule has 2 N–H and O–H groups in total. The van der Waals surface area contributed by atoms with Crippen molar-refractivity contribution in [2.75, 3.05) is 10.6 Å². The molecule has 1 aromatic carbocycles. The third-order valence-electron chi connectivity index (χ3n) is 3.02. The molecule has 0 aliphatic rings. The zero-order valence-electron chi connectivity index (χ0n) is 16.0. The Labute approximate surface area is 169 Å². The molecular formula is C17H18N4O7S. The minimum Gasteiger partial charge on any atom is -0.444 e. The van der Waals surface area contributed by atoms with Crippen LogP contribution in [0.2, 0.25) is 0 Å². The average molecular weight is 422 g/mol. The van der Waals surface area contributed by atoms with Crippen molar-refractivity contribution in [3.05, 3.63) is 40.1 Å². The fourth-order valence-corrected chi connectivity index (χ4v) is 2.65. The number of nitro groups is 1. The Morgan fingerprint density at radius 1 is 1.21 bits per heavy atom. The average Bonchev–Trinajstić information content (AvgIpc) is 3.01. The molecule has 0 unspecified atom stereocenters. The molecule has 2 aromatic rings. The number of carbonyl (C=O) groups is 3. The molecule has 0 atom stereocenters. The highest BCUT2D eigenvalue weighted by Gasteiger charge is 2.20. The summed E-state index contributed by atoms with van der Waals surface area (Å²) in [6, 6.07) is 4.02. The van der Waals surface area contributed by atoms with Crippen molar-refractivity contribution >= 4 is 45.1 Å². The van der Waals surface area contributed by atoms with E-state index in [1.807, 2.05) is 0 Å². The van der Waals surface area contributed by atoms with Crippen LogP contribution < -0.4 is 15.4 Å². The molecule has 12 heteroatoms. The largest absolute Gasteiger partial charge is 0.444 e. The lowest BCUT2D eigenvalue weighted by Crippen LogP contribution is -2.27. The molecule has 0 aliphatic heterocycles. The lowest BCUT2D eigenvalue weighted by atomic mass is 10.1. The van der Waals surface area contributed by atoms with Crippen LogP contribution in [0.3, 0.4) is 0 Å². The number of aromatic nitrogens is 1. The zero-order chi connectivity index (χ0) is 21.8. The molecule has 0 bridgehead atoms. The highest BCUT2D eigenvalue weighted by atomic mass is 32.1. The predicted octanol–water partition coefficient (Wildman–Crippen LogP) is 3.58. The van der Waals surface area contributed by atoms with Crippen LogP contribution >= 0.6 is 11.3 Å². The number of hydrogen-bond acceptors (Lipinski definition) is 9. The van der Waals surface area contributed by atoms with Gasteiger partial charge in [0.1, 0.15) is 17.5 Å². The molecule has 154 valence electrons. The number of rotatable bonds is 5. The van der Waals surface area contributed by atoms with E-state index in [4.69, 9.17) is 9.47 Å². The molecule has 2 rings (SSSR count). The fourth-order valence-electron chi connectivity index (χ4n) is 2.02. The first-order valence-electron chi connectivity index (χ1n) is 8.18. The lowest BCUT2D eigenvalue weighted by molar-refractivity contribution is -0.380. The lowest BCUT2D eigenvalue weighted by Gasteiger charge is -2.20. The van der Waals surface area contributed by atoms with Crippen molar-refractivity contribution < 1.29 is 28.8 Å². The summed E-state index contributed by atoms with van der Waals surface area (Å²) < 4.78 is 10.2. The van der Waals surface area contributed by atoms with Crippen LogP contribution in [0.15, 0.2) is 24.4 Å². The monoisotopic (exact) mass is 422 g/mol. The molecule has 0 saturated carbocycles. The van der Waals surface area contributed by atoms with E-state index in [9.17, 15) is 24.5 Å². The summed E-state index contributed by atoms with van der Waals surface area (Å²) in [5.74, 6) is -1.50. The van der Waals surface area contributed by atoms with Gasteiger partial charge in [-0.25, -0.2) is 9.78 Å². The van der Waals surface area contributed by atoms with Gasteiger partial charge in [-0.15, -0.1) is 0 Å². The third-order valence-corrected chi connectivity index (χ3v) is 3.88. The molecule has 11 nitrogen and oxygen atoms in total. The smallest absolute Gasteiger partial charge is 0.412 e. The van der Waals surface area contributed by atoms with Gasteiger partial charge in [-0.2, -0.15) is 0 Å². The number of ether oxygens (including phenoxy) is 2. The Morgan fingerprint density at radius 2 is 1.90 bits per heavy atom. The Morgan fingerprint density at radius 3 is 2.45 bits per heavy atom. The van der Waals surface area contributed by atoms with Gasteiger partial charge in [0.2, 0.25) is 0 Å². The zero-order valence-corrected chi connectivity index (χ0v) is 16.8. The second kappa shape index (κ2) is 8.65. The first kappa shape index (κ1) is 21.8. The van der Waals surface area contributed by atoms with E-state index >= 15 is 0 Å². The van der Waals surface area contributed by atoms with Crippen LogP contribution in [-0.4, -0.2) is 33.5 Å². The number of esters is 1. The van der Waals surface area contributed by atoms with Gasteiger partial charge in [-0.05, 0) is 44.2 Å². The van der Waals surface area contributed by atoms with Gasteiger partial charge in [0.15, 0.2) is 5.13 Å². The van der Waals surface area contributed by atoms with E-state index in [0.717, 1.165) is 13.1 Å².